The Morgan fingerprint density at radius 1 is 1.25 bits per heavy atom. The van der Waals surface area contributed by atoms with E-state index in [4.69, 9.17) is 4.74 Å². The van der Waals surface area contributed by atoms with E-state index in [-0.39, 0.29) is 24.3 Å². The molecule has 2 rings (SSSR count). The number of likely N-dealkylation sites (tertiary alicyclic amines) is 1. The molecule has 24 heavy (non-hydrogen) atoms. The van der Waals surface area contributed by atoms with Gasteiger partial charge in [0.05, 0.1) is 5.92 Å². The molecular weight excluding hydrogens is 304 g/mol. The summed E-state index contributed by atoms with van der Waals surface area (Å²) in [5, 5.41) is 2.93. The van der Waals surface area contributed by atoms with Gasteiger partial charge >= 0.3 is 0 Å². The van der Waals surface area contributed by atoms with Crippen molar-refractivity contribution in [3.05, 3.63) is 30.3 Å². The summed E-state index contributed by atoms with van der Waals surface area (Å²) >= 11 is 0. The van der Waals surface area contributed by atoms with Crippen LogP contribution in [0.5, 0.6) is 0 Å². The number of hydrogen-bond acceptors (Lipinski definition) is 3. The first-order chi connectivity index (χ1) is 11.7. The van der Waals surface area contributed by atoms with Crippen LogP contribution in [0.1, 0.15) is 39.0 Å². The van der Waals surface area contributed by atoms with Crippen LogP contribution in [-0.4, -0.2) is 43.0 Å². The van der Waals surface area contributed by atoms with Gasteiger partial charge in [-0.1, -0.05) is 38.0 Å². The number of anilines is 1. The largest absolute Gasteiger partial charge is 0.372 e. The van der Waals surface area contributed by atoms with E-state index >= 15 is 0 Å². The van der Waals surface area contributed by atoms with Gasteiger partial charge in [-0.2, -0.15) is 0 Å². The molecule has 1 N–H and O–H groups in total. The molecule has 5 nitrogen and oxygen atoms in total. The number of amides is 2. The standard InChI is InChI=1S/C19H28N2O3/c1-2-3-7-13-24-15-18(22)21-12-8-9-16(14-21)19(23)20-17-10-5-4-6-11-17/h4-6,10-11,16H,2-3,7-9,12-15H2,1H3,(H,20,23). The molecule has 1 saturated heterocycles. The molecule has 1 atom stereocenters. The highest BCUT2D eigenvalue weighted by molar-refractivity contribution is 5.93. The number of piperidine rings is 1. The molecule has 0 saturated carbocycles. The Morgan fingerprint density at radius 2 is 2.04 bits per heavy atom. The number of nitrogens with zero attached hydrogens (tertiary/aromatic N) is 1. The van der Waals surface area contributed by atoms with Crippen LogP contribution in [0.4, 0.5) is 5.69 Å². The van der Waals surface area contributed by atoms with Crippen molar-refractivity contribution >= 4 is 17.5 Å². The maximum Gasteiger partial charge on any atom is 0.248 e. The van der Waals surface area contributed by atoms with Gasteiger partial charge in [0.15, 0.2) is 0 Å². The molecule has 1 aromatic rings. The highest BCUT2D eigenvalue weighted by Gasteiger charge is 2.28. The average Bonchev–Trinajstić information content (AvgIpc) is 2.62. The molecule has 1 aromatic carbocycles. The van der Waals surface area contributed by atoms with Crippen LogP contribution >= 0.6 is 0 Å². The summed E-state index contributed by atoms with van der Waals surface area (Å²) in [6.45, 7) is 4.09. The maximum atomic E-state index is 12.4. The summed E-state index contributed by atoms with van der Waals surface area (Å²) in [5.74, 6) is -0.172. The number of carbonyl (C=O) groups excluding carboxylic acids is 2. The van der Waals surface area contributed by atoms with Crippen LogP contribution in [0, 0.1) is 5.92 Å². The summed E-state index contributed by atoms with van der Waals surface area (Å²) in [5.41, 5.74) is 0.796. The van der Waals surface area contributed by atoms with E-state index in [2.05, 4.69) is 12.2 Å². The Labute approximate surface area is 144 Å². The van der Waals surface area contributed by atoms with Crippen LogP contribution in [0.15, 0.2) is 30.3 Å². The number of hydrogen-bond donors (Lipinski definition) is 1. The topological polar surface area (TPSA) is 58.6 Å². The third kappa shape index (κ3) is 5.96. The van der Waals surface area contributed by atoms with Crippen LogP contribution in [-0.2, 0) is 14.3 Å². The predicted molar refractivity (Wildman–Crippen MR) is 94.7 cm³/mol. The van der Waals surface area contributed by atoms with Crippen LogP contribution < -0.4 is 5.32 Å². The summed E-state index contributed by atoms with van der Waals surface area (Å²) in [6.07, 6.45) is 4.93. The van der Waals surface area contributed by atoms with E-state index in [0.29, 0.717) is 19.7 Å². The lowest BCUT2D eigenvalue weighted by Crippen LogP contribution is -2.45. The lowest BCUT2D eigenvalue weighted by atomic mass is 9.97. The molecule has 1 heterocycles. The molecule has 0 spiro atoms. The Hall–Kier alpha value is -1.88. The SMILES string of the molecule is CCCCCOCC(=O)N1CCCC(C(=O)Nc2ccccc2)C1. The molecule has 0 aromatic heterocycles. The Balaban J connectivity index is 1.76. The van der Waals surface area contributed by atoms with E-state index in [1.54, 1.807) is 4.90 Å². The molecular formula is C19H28N2O3. The highest BCUT2D eigenvalue weighted by Crippen LogP contribution is 2.19. The van der Waals surface area contributed by atoms with Crippen molar-refractivity contribution in [1.82, 2.24) is 4.90 Å². The number of ether oxygens (including phenoxy) is 1. The minimum absolute atomic E-state index is 0.0105. The number of carbonyl (C=O) groups is 2. The zero-order valence-electron chi connectivity index (χ0n) is 14.5. The first kappa shape index (κ1) is 18.5. The first-order valence-corrected chi connectivity index (χ1v) is 8.92. The minimum Gasteiger partial charge on any atom is -0.372 e. The molecule has 5 heteroatoms. The fraction of sp³-hybridized carbons (Fsp3) is 0.579. The lowest BCUT2D eigenvalue weighted by Gasteiger charge is -2.32. The van der Waals surface area contributed by atoms with Gasteiger partial charge in [0.2, 0.25) is 11.8 Å². The van der Waals surface area contributed by atoms with Gasteiger partial charge in [-0.3, -0.25) is 9.59 Å². The van der Waals surface area contributed by atoms with Gasteiger partial charge in [0.1, 0.15) is 6.61 Å². The third-order valence-corrected chi connectivity index (χ3v) is 4.30. The Bertz CT molecular complexity index is 519. The molecule has 0 aliphatic carbocycles. The zero-order valence-corrected chi connectivity index (χ0v) is 14.5. The van der Waals surface area contributed by atoms with E-state index in [9.17, 15) is 9.59 Å². The van der Waals surface area contributed by atoms with Gasteiger partial charge in [-0.25, -0.2) is 0 Å². The van der Waals surface area contributed by atoms with E-state index in [1.807, 2.05) is 30.3 Å². The quantitative estimate of drug-likeness (QED) is 0.744. The smallest absolute Gasteiger partial charge is 0.248 e. The summed E-state index contributed by atoms with van der Waals surface area (Å²) < 4.78 is 5.45. The van der Waals surface area contributed by atoms with Crippen molar-refractivity contribution in [3.63, 3.8) is 0 Å². The number of benzene rings is 1. The fourth-order valence-corrected chi connectivity index (χ4v) is 2.89. The van der Waals surface area contributed by atoms with Crippen molar-refractivity contribution in [2.45, 2.75) is 39.0 Å². The predicted octanol–water partition coefficient (Wildman–Crippen LogP) is 3.07. The van der Waals surface area contributed by atoms with Crippen LogP contribution in [0.2, 0.25) is 0 Å². The molecule has 1 aliphatic rings. The normalized spacial score (nSPS) is 17.5. The number of rotatable bonds is 8. The average molecular weight is 332 g/mol. The molecule has 2 amide bonds. The van der Waals surface area contributed by atoms with Crippen molar-refractivity contribution < 1.29 is 14.3 Å². The van der Waals surface area contributed by atoms with Crippen molar-refractivity contribution in [2.24, 2.45) is 5.92 Å². The van der Waals surface area contributed by atoms with E-state index in [1.165, 1.54) is 0 Å². The van der Waals surface area contributed by atoms with E-state index < -0.39 is 0 Å². The summed E-state index contributed by atoms with van der Waals surface area (Å²) in [7, 11) is 0. The number of para-hydroxylation sites is 1. The molecule has 0 radical (unpaired) electrons. The van der Waals surface area contributed by atoms with Crippen LogP contribution in [0.3, 0.4) is 0 Å². The molecule has 0 bridgehead atoms. The summed E-state index contributed by atoms with van der Waals surface area (Å²) in [6, 6.07) is 9.43. The maximum absolute atomic E-state index is 12.4. The monoisotopic (exact) mass is 332 g/mol. The van der Waals surface area contributed by atoms with Gasteiger partial charge in [-0.05, 0) is 31.4 Å². The zero-order chi connectivity index (χ0) is 17.2. The molecule has 1 fully saturated rings. The van der Waals surface area contributed by atoms with Gasteiger partial charge in [0, 0.05) is 25.4 Å². The molecule has 132 valence electrons. The second-order valence-electron chi connectivity index (χ2n) is 6.29. The first-order valence-electron chi connectivity index (χ1n) is 8.92. The van der Waals surface area contributed by atoms with Crippen molar-refractivity contribution in [2.75, 3.05) is 31.6 Å². The summed E-state index contributed by atoms with van der Waals surface area (Å²) in [4.78, 5) is 26.4. The van der Waals surface area contributed by atoms with Crippen LogP contribution in [0.25, 0.3) is 0 Å². The number of unbranched alkanes of at least 4 members (excludes halogenated alkanes) is 2. The fourth-order valence-electron chi connectivity index (χ4n) is 2.89. The number of nitrogens with one attached hydrogen (secondary N) is 1. The minimum atomic E-state index is -0.150. The third-order valence-electron chi connectivity index (χ3n) is 4.30. The Morgan fingerprint density at radius 3 is 2.79 bits per heavy atom. The van der Waals surface area contributed by atoms with Gasteiger partial charge < -0.3 is 15.0 Å². The second-order valence-corrected chi connectivity index (χ2v) is 6.29. The Kier molecular flexibility index (Phi) is 7.75. The van der Waals surface area contributed by atoms with Gasteiger partial charge in [-0.15, -0.1) is 0 Å². The lowest BCUT2D eigenvalue weighted by molar-refractivity contribution is -0.139. The van der Waals surface area contributed by atoms with Crippen molar-refractivity contribution in [1.29, 1.82) is 0 Å². The second kappa shape index (κ2) is 10.1. The molecule has 1 unspecified atom stereocenters. The highest BCUT2D eigenvalue weighted by atomic mass is 16.5. The molecule has 1 aliphatic heterocycles. The van der Waals surface area contributed by atoms with E-state index in [0.717, 1.165) is 37.8 Å². The van der Waals surface area contributed by atoms with Gasteiger partial charge in [0.25, 0.3) is 0 Å². The van der Waals surface area contributed by atoms with Crippen molar-refractivity contribution in [3.8, 4) is 0 Å².